The minimum Gasteiger partial charge on any atom is -0.378 e. The van der Waals surface area contributed by atoms with E-state index in [4.69, 9.17) is 5.73 Å². The molecule has 0 bridgehead atoms. The molecule has 0 radical (unpaired) electrons. The molecule has 1 atom stereocenters. The zero-order chi connectivity index (χ0) is 15.2. The Morgan fingerprint density at radius 1 is 1.43 bits per heavy atom. The highest BCUT2D eigenvalue weighted by atomic mass is 16.6. The lowest BCUT2D eigenvalue weighted by molar-refractivity contribution is -0.384. The van der Waals surface area contributed by atoms with Gasteiger partial charge in [-0.2, -0.15) is 0 Å². The maximum absolute atomic E-state index is 10.7. The molecule has 1 saturated heterocycles. The van der Waals surface area contributed by atoms with E-state index in [1.54, 1.807) is 6.07 Å². The van der Waals surface area contributed by atoms with Gasteiger partial charge in [-0.3, -0.25) is 10.1 Å². The van der Waals surface area contributed by atoms with E-state index >= 15 is 0 Å². The van der Waals surface area contributed by atoms with Gasteiger partial charge in [-0.25, -0.2) is 4.98 Å². The number of likely N-dealkylation sites (tertiary alicyclic amines) is 1. The molecule has 0 saturated carbocycles. The predicted molar refractivity (Wildman–Crippen MR) is 83.2 cm³/mol. The molecule has 1 aromatic rings. The van der Waals surface area contributed by atoms with Crippen molar-refractivity contribution in [1.29, 1.82) is 0 Å². The van der Waals surface area contributed by atoms with Gasteiger partial charge in [-0.1, -0.05) is 13.3 Å². The molecule has 1 fully saturated rings. The number of anilines is 2. The molecule has 7 heteroatoms. The fraction of sp³-hybridized carbons (Fsp3) is 0.643. The van der Waals surface area contributed by atoms with Gasteiger partial charge in [0, 0.05) is 19.2 Å². The van der Waals surface area contributed by atoms with Gasteiger partial charge in [-0.05, 0) is 37.9 Å². The van der Waals surface area contributed by atoms with E-state index in [1.165, 1.54) is 38.4 Å². The average molecular weight is 293 g/mol. The molecule has 1 aromatic heterocycles. The van der Waals surface area contributed by atoms with Crippen molar-refractivity contribution in [3.8, 4) is 0 Å². The smallest absolute Gasteiger partial charge is 0.311 e. The summed E-state index contributed by atoms with van der Waals surface area (Å²) in [6.45, 7) is 6.41. The van der Waals surface area contributed by atoms with E-state index in [9.17, 15) is 10.1 Å². The van der Waals surface area contributed by atoms with Crippen LogP contribution in [-0.4, -0.2) is 41.0 Å². The molecule has 116 valence electrons. The van der Waals surface area contributed by atoms with E-state index in [-0.39, 0.29) is 11.5 Å². The molecule has 0 aliphatic carbocycles. The van der Waals surface area contributed by atoms with Gasteiger partial charge in [0.1, 0.15) is 5.82 Å². The third kappa shape index (κ3) is 4.56. The molecular weight excluding hydrogens is 270 g/mol. The molecule has 1 aliphatic rings. The molecule has 0 amide bonds. The molecule has 0 aromatic carbocycles. The summed E-state index contributed by atoms with van der Waals surface area (Å²) in [6, 6.07) is 2.99. The first kappa shape index (κ1) is 15.5. The van der Waals surface area contributed by atoms with Crippen molar-refractivity contribution in [2.45, 2.75) is 26.2 Å². The van der Waals surface area contributed by atoms with Crippen LogP contribution in [0.15, 0.2) is 12.1 Å². The van der Waals surface area contributed by atoms with Crippen LogP contribution in [0.3, 0.4) is 0 Å². The fourth-order valence-corrected chi connectivity index (χ4v) is 2.65. The standard InChI is InChI=1S/C14H23N5O2/c1-11(10-18-7-3-2-4-8-18)9-16-13-6-5-12(19(20)21)14(15)17-13/h5-6,11H,2-4,7-10H2,1H3,(H3,15,16,17). The van der Waals surface area contributed by atoms with Crippen molar-refractivity contribution in [3.05, 3.63) is 22.2 Å². The Bertz CT molecular complexity index is 488. The van der Waals surface area contributed by atoms with Crippen LogP contribution >= 0.6 is 0 Å². The van der Waals surface area contributed by atoms with Crippen LogP contribution < -0.4 is 11.1 Å². The Labute approximate surface area is 124 Å². The Kier molecular flexibility index (Phi) is 5.32. The Balaban J connectivity index is 1.81. The second-order valence-electron chi connectivity index (χ2n) is 5.71. The first-order valence-electron chi connectivity index (χ1n) is 7.43. The monoisotopic (exact) mass is 293 g/mol. The molecular formula is C14H23N5O2. The van der Waals surface area contributed by atoms with E-state index in [2.05, 4.69) is 22.1 Å². The molecule has 7 nitrogen and oxygen atoms in total. The number of aromatic nitrogens is 1. The number of pyridine rings is 1. The highest BCUT2D eigenvalue weighted by Gasteiger charge is 2.15. The SMILES string of the molecule is CC(CNc1ccc([N+](=O)[O-])c(N)n1)CN1CCCCC1. The molecule has 21 heavy (non-hydrogen) atoms. The largest absolute Gasteiger partial charge is 0.378 e. The molecule has 2 heterocycles. The maximum Gasteiger partial charge on any atom is 0.311 e. The van der Waals surface area contributed by atoms with Gasteiger partial charge in [0.05, 0.1) is 4.92 Å². The predicted octanol–water partition coefficient (Wildman–Crippen LogP) is 2.11. The van der Waals surface area contributed by atoms with Crippen molar-refractivity contribution in [3.63, 3.8) is 0 Å². The van der Waals surface area contributed by atoms with Crippen LogP contribution in [0.1, 0.15) is 26.2 Å². The number of nitrogens with zero attached hydrogens (tertiary/aromatic N) is 3. The number of hydrogen-bond donors (Lipinski definition) is 2. The minimum atomic E-state index is -0.523. The summed E-state index contributed by atoms with van der Waals surface area (Å²) in [4.78, 5) is 16.7. The molecule has 0 spiro atoms. The molecule has 2 rings (SSSR count). The van der Waals surface area contributed by atoms with Crippen molar-refractivity contribution in [2.75, 3.05) is 37.2 Å². The van der Waals surface area contributed by atoms with Crippen molar-refractivity contribution < 1.29 is 4.92 Å². The van der Waals surface area contributed by atoms with Crippen LogP contribution in [0.25, 0.3) is 0 Å². The summed E-state index contributed by atoms with van der Waals surface area (Å²) < 4.78 is 0. The minimum absolute atomic E-state index is 0.0475. The van der Waals surface area contributed by atoms with Gasteiger partial charge >= 0.3 is 5.69 Å². The molecule has 1 unspecified atom stereocenters. The number of nitrogens with one attached hydrogen (secondary N) is 1. The Morgan fingerprint density at radius 2 is 2.14 bits per heavy atom. The number of piperidine rings is 1. The van der Waals surface area contributed by atoms with Gasteiger partial charge in [-0.15, -0.1) is 0 Å². The Morgan fingerprint density at radius 3 is 2.76 bits per heavy atom. The second kappa shape index (κ2) is 7.21. The number of hydrogen-bond acceptors (Lipinski definition) is 6. The third-order valence-corrected chi connectivity index (χ3v) is 3.75. The quantitative estimate of drug-likeness (QED) is 0.616. The Hall–Kier alpha value is -1.89. The van der Waals surface area contributed by atoms with Crippen LogP contribution in [-0.2, 0) is 0 Å². The first-order valence-corrected chi connectivity index (χ1v) is 7.43. The summed E-state index contributed by atoms with van der Waals surface area (Å²) in [5, 5.41) is 13.9. The highest BCUT2D eigenvalue weighted by molar-refractivity contribution is 5.57. The molecule has 3 N–H and O–H groups in total. The van der Waals surface area contributed by atoms with Gasteiger partial charge < -0.3 is 16.0 Å². The van der Waals surface area contributed by atoms with Crippen LogP contribution in [0.4, 0.5) is 17.3 Å². The van der Waals surface area contributed by atoms with Crippen LogP contribution in [0, 0.1) is 16.0 Å². The number of rotatable bonds is 6. The van der Waals surface area contributed by atoms with E-state index in [0.29, 0.717) is 11.7 Å². The zero-order valence-electron chi connectivity index (χ0n) is 12.4. The average Bonchev–Trinajstić information content (AvgIpc) is 2.46. The molecule has 1 aliphatic heterocycles. The van der Waals surface area contributed by atoms with Crippen LogP contribution in [0.2, 0.25) is 0 Å². The lowest BCUT2D eigenvalue weighted by Gasteiger charge is -2.29. The summed E-state index contributed by atoms with van der Waals surface area (Å²) in [5.41, 5.74) is 5.43. The summed E-state index contributed by atoms with van der Waals surface area (Å²) >= 11 is 0. The number of nitro groups is 1. The lowest BCUT2D eigenvalue weighted by atomic mass is 10.1. The number of nitrogen functional groups attached to an aromatic ring is 1. The summed E-state index contributed by atoms with van der Waals surface area (Å²) in [5.74, 6) is 1.03. The third-order valence-electron chi connectivity index (χ3n) is 3.75. The van der Waals surface area contributed by atoms with Crippen molar-refractivity contribution in [1.82, 2.24) is 9.88 Å². The van der Waals surface area contributed by atoms with Crippen LogP contribution in [0.5, 0.6) is 0 Å². The van der Waals surface area contributed by atoms with Gasteiger partial charge in [0.2, 0.25) is 5.82 Å². The fourth-order valence-electron chi connectivity index (χ4n) is 2.65. The maximum atomic E-state index is 10.7. The normalized spacial score (nSPS) is 17.4. The highest BCUT2D eigenvalue weighted by Crippen LogP contribution is 2.21. The lowest BCUT2D eigenvalue weighted by Crippen LogP contribution is -2.35. The van der Waals surface area contributed by atoms with Crippen molar-refractivity contribution in [2.24, 2.45) is 5.92 Å². The van der Waals surface area contributed by atoms with Gasteiger partial charge in [0.15, 0.2) is 0 Å². The van der Waals surface area contributed by atoms with Crippen molar-refractivity contribution >= 4 is 17.3 Å². The number of nitrogens with two attached hydrogens (primary N) is 1. The summed E-state index contributed by atoms with van der Waals surface area (Å²) in [6.07, 6.45) is 3.93. The van der Waals surface area contributed by atoms with E-state index in [0.717, 1.165) is 13.1 Å². The second-order valence-corrected chi connectivity index (χ2v) is 5.71. The first-order chi connectivity index (χ1) is 10.1. The van der Waals surface area contributed by atoms with E-state index < -0.39 is 4.92 Å². The van der Waals surface area contributed by atoms with E-state index in [1.807, 2.05) is 0 Å². The summed E-state index contributed by atoms with van der Waals surface area (Å²) in [7, 11) is 0. The topological polar surface area (TPSA) is 97.3 Å². The van der Waals surface area contributed by atoms with Gasteiger partial charge in [0.25, 0.3) is 0 Å². The zero-order valence-corrected chi connectivity index (χ0v) is 12.4.